The van der Waals surface area contributed by atoms with Gasteiger partial charge < -0.3 is 14.4 Å². The van der Waals surface area contributed by atoms with Crippen LogP contribution in [0, 0.1) is 6.92 Å². The van der Waals surface area contributed by atoms with Crippen molar-refractivity contribution in [2.45, 2.75) is 25.8 Å². The molecule has 1 aliphatic rings. The Labute approximate surface area is 204 Å². The number of amides is 1. The smallest absolute Gasteiger partial charge is 0.254 e. The molecule has 3 heterocycles. The van der Waals surface area contributed by atoms with Crippen LogP contribution in [-0.4, -0.2) is 50.8 Å². The fourth-order valence-electron chi connectivity index (χ4n) is 4.32. The van der Waals surface area contributed by atoms with Gasteiger partial charge in [0.15, 0.2) is 0 Å². The van der Waals surface area contributed by atoms with Crippen molar-refractivity contribution in [2.75, 3.05) is 20.2 Å². The molecule has 8 heteroatoms. The van der Waals surface area contributed by atoms with Crippen molar-refractivity contribution in [3.05, 3.63) is 95.7 Å². The number of nitrogens with zero attached hydrogens (tertiary/aromatic N) is 5. The summed E-state index contributed by atoms with van der Waals surface area (Å²) < 4.78 is 13.0. The molecule has 35 heavy (non-hydrogen) atoms. The number of carbonyl (C=O) groups excluding carboxylic acids is 1. The summed E-state index contributed by atoms with van der Waals surface area (Å²) in [7, 11) is 1.63. The van der Waals surface area contributed by atoms with Crippen molar-refractivity contribution in [2.24, 2.45) is 0 Å². The summed E-state index contributed by atoms with van der Waals surface area (Å²) in [5.74, 6) is 2.71. The number of ether oxygens (including phenoxy) is 2. The van der Waals surface area contributed by atoms with E-state index in [4.69, 9.17) is 9.47 Å². The Bertz CT molecular complexity index is 1300. The Hall–Kier alpha value is -4.20. The van der Waals surface area contributed by atoms with E-state index in [0.29, 0.717) is 42.7 Å². The van der Waals surface area contributed by atoms with Gasteiger partial charge in [0.2, 0.25) is 5.88 Å². The third-order valence-corrected chi connectivity index (χ3v) is 6.11. The number of hydrogen-bond acceptors (Lipinski definition) is 6. The molecule has 2 aromatic heterocycles. The van der Waals surface area contributed by atoms with Crippen LogP contribution in [0.15, 0.2) is 73.1 Å². The van der Waals surface area contributed by atoms with E-state index < -0.39 is 0 Å². The van der Waals surface area contributed by atoms with Gasteiger partial charge in [-0.15, -0.1) is 0 Å². The minimum absolute atomic E-state index is 0.0256. The van der Waals surface area contributed by atoms with E-state index in [-0.39, 0.29) is 11.8 Å². The third kappa shape index (κ3) is 5.16. The molecule has 0 spiro atoms. The van der Waals surface area contributed by atoms with Crippen molar-refractivity contribution >= 4 is 5.91 Å². The van der Waals surface area contributed by atoms with Crippen LogP contribution in [0.5, 0.6) is 17.4 Å². The second-order valence-electron chi connectivity index (χ2n) is 8.58. The molecule has 8 nitrogen and oxygen atoms in total. The van der Waals surface area contributed by atoms with Crippen LogP contribution in [0.2, 0.25) is 0 Å². The van der Waals surface area contributed by atoms with Crippen LogP contribution in [-0.2, 0) is 6.54 Å². The van der Waals surface area contributed by atoms with Crippen LogP contribution < -0.4 is 9.47 Å². The highest BCUT2D eigenvalue weighted by atomic mass is 16.5. The molecule has 1 aliphatic heterocycles. The Morgan fingerprint density at radius 1 is 1.06 bits per heavy atom. The standard InChI is InChI=1S/C27H27N5O3/c1-19-16-25(35-23-10-8-22(34-2)9-11-23)30-26(29-19)21-12-15-31(17-21)27(33)24-7-4-3-6-20(24)18-32-14-5-13-28-32/h3-11,13-14,16,21H,12,15,17-18H2,1-2H3. The zero-order valence-electron chi connectivity index (χ0n) is 19.8. The molecule has 0 saturated carbocycles. The van der Waals surface area contributed by atoms with E-state index in [0.717, 1.165) is 23.4 Å². The number of aromatic nitrogens is 4. The maximum atomic E-state index is 13.4. The molecule has 0 bridgehead atoms. The topological polar surface area (TPSA) is 82.4 Å². The first-order chi connectivity index (χ1) is 17.1. The molecule has 1 unspecified atom stereocenters. The van der Waals surface area contributed by atoms with Gasteiger partial charge in [-0.25, -0.2) is 4.98 Å². The number of hydrogen-bond donors (Lipinski definition) is 0. The normalized spacial score (nSPS) is 15.3. The Kier molecular flexibility index (Phi) is 6.43. The predicted octanol–water partition coefficient (Wildman–Crippen LogP) is 4.46. The molecule has 0 N–H and O–H groups in total. The number of aryl methyl sites for hydroxylation is 1. The summed E-state index contributed by atoms with van der Waals surface area (Å²) in [6.45, 7) is 3.71. The van der Waals surface area contributed by atoms with Crippen molar-refractivity contribution in [1.82, 2.24) is 24.6 Å². The van der Waals surface area contributed by atoms with E-state index >= 15 is 0 Å². The fraction of sp³-hybridized carbons (Fsp3) is 0.259. The Morgan fingerprint density at radius 2 is 1.86 bits per heavy atom. The predicted molar refractivity (Wildman–Crippen MR) is 131 cm³/mol. The second kappa shape index (κ2) is 9.97. The lowest BCUT2D eigenvalue weighted by atomic mass is 10.1. The fourth-order valence-corrected chi connectivity index (χ4v) is 4.32. The van der Waals surface area contributed by atoms with Gasteiger partial charge in [0.05, 0.1) is 13.7 Å². The van der Waals surface area contributed by atoms with Gasteiger partial charge in [0.1, 0.15) is 17.3 Å². The molecule has 1 amide bonds. The van der Waals surface area contributed by atoms with E-state index in [2.05, 4.69) is 15.1 Å². The average Bonchev–Trinajstić information content (AvgIpc) is 3.57. The number of carbonyl (C=O) groups is 1. The first-order valence-corrected chi connectivity index (χ1v) is 11.6. The minimum Gasteiger partial charge on any atom is -0.497 e. The van der Waals surface area contributed by atoms with Crippen molar-refractivity contribution < 1.29 is 14.3 Å². The lowest BCUT2D eigenvalue weighted by molar-refractivity contribution is 0.0789. The van der Waals surface area contributed by atoms with Crippen LogP contribution in [0.1, 0.15) is 39.8 Å². The lowest BCUT2D eigenvalue weighted by Crippen LogP contribution is -2.29. The largest absolute Gasteiger partial charge is 0.497 e. The molecule has 1 saturated heterocycles. The van der Waals surface area contributed by atoms with Gasteiger partial charge in [0, 0.05) is 48.7 Å². The SMILES string of the molecule is COc1ccc(Oc2cc(C)nc(C3CCN(C(=O)c4ccccc4Cn4cccn4)C3)n2)cc1. The first kappa shape index (κ1) is 22.6. The number of likely N-dealkylation sites (tertiary alicyclic amines) is 1. The van der Waals surface area contributed by atoms with Crippen molar-refractivity contribution in [1.29, 1.82) is 0 Å². The van der Waals surface area contributed by atoms with Crippen LogP contribution in [0.3, 0.4) is 0 Å². The highest BCUT2D eigenvalue weighted by Crippen LogP contribution is 2.29. The van der Waals surface area contributed by atoms with E-state index in [1.807, 2.05) is 83.4 Å². The quantitative estimate of drug-likeness (QED) is 0.397. The molecular formula is C27H27N5O3. The van der Waals surface area contributed by atoms with Gasteiger partial charge in [-0.3, -0.25) is 9.48 Å². The lowest BCUT2D eigenvalue weighted by Gasteiger charge is -2.19. The van der Waals surface area contributed by atoms with Crippen molar-refractivity contribution in [3.63, 3.8) is 0 Å². The van der Waals surface area contributed by atoms with Gasteiger partial charge in [0.25, 0.3) is 5.91 Å². The Balaban J connectivity index is 1.30. The summed E-state index contributed by atoms with van der Waals surface area (Å²) in [6.07, 6.45) is 4.44. The van der Waals surface area contributed by atoms with Gasteiger partial charge in [-0.05, 0) is 55.3 Å². The zero-order valence-corrected chi connectivity index (χ0v) is 19.8. The van der Waals surface area contributed by atoms with Gasteiger partial charge in [-0.1, -0.05) is 18.2 Å². The summed E-state index contributed by atoms with van der Waals surface area (Å²) in [4.78, 5) is 24.6. The molecule has 1 atom stereocenters. The third-order valence-electron chi connectivity index (χ3n) is 6.11. The number of methoxy groups -OCH3 is 1. The average molecular weight is 470 g/mol. The molecular weight excluding hydrogens is 442 g/mol. The minimum atomic E-state index is 0.0256. The second-order valence-corrected chi connectivity index (χ2v) is 8.58. The molecule has 4 aromatic rings. The Morgan fingerprint density at radius 3 is 2.63 bits per heavy atom. The highest BCUT2D eigenvalue weighted by molar-refractivity contribution is 5.96. The highest BCUT2D eigenvalue weighted by Gasteiger charge is 2.31. The summed E-state index contributed by atoms with van der Waals surface area (Å²) in [6, 6.07) is 18.8. The monoisotopic (exact) mass is 469 g/mol. The van der Waals surface area contributed by atoms with E-state index in [1.54, 1.807) is 13.3 Å². The van der Waals surface area contributed by atoms with Crippen LogP contribution in [0.25, 0.3) is 0 Å². The molecule has 0 aliphatic carbocycles. The van der Waals surface area contributed by atoms with Crippen LogP contribution >= 0.6 is 0 Å². The maximum Gasteiger partial charge on any atom is 0.254 e. The van der Waals surface area contributed by atoms with Gasteiger partial charge in [-0.2, -0.15) is 10.1 Å². The number of benzene rings is 2. The molecule has 178 valence electrons. The van der Waals surface area contributed by atoms with Gasteiger partial charge >= 0.3 is 0 Å². The molecule has 2 aromatic carbocycles. The van der Waals surface area contributed by atoms with E-state index in [1.165, 1.54) is 0 Å². The zero-order chi connectivity index (χ0) is 24.2. The van der Waals surface area contributed by atoms with Crippen LogP contribution in [0.4, 0.5) is 0 Å². The van der Waals surface area contributed by atoms with E-state index in [9.17, 15) is 4.79 Å². The molecule has 1 fully saturated rings. The number of rotatable bonds is 7. The first-order valence-electron chi connectivity index (χ1n) is 11.6. The summed E-state index contributed by atoms with van der Waals surface area (Å²) >= 11 is 0. The van der Waals surface area contributed by atoms with Crippen molar-refractivity contribution in [3.8, 4) is 17.4 Å². The molecule has 0 radical (unpaired) electrons. The maximum absolute atomic E-state index is 13.4. The molecule has 5 rings (SSSR count). The summed E-state index contributed by atoms with van der Waals surface area (Å²) in [5, 5.41) is 4.27. The summed E-state index contributed by atoms with van der Waals surface area (Å²) in [5.41, 5.74) is 2.48.